The molecule has 11 N–H and O–H groups in total. The number of carbonyl (C=O) groups is 3. The average Bonchev–Trinajstić information content (AvgIpc) is 4.25. The summed E-state index contributed by atoms with van der Waals surface area (Å²) in [4.78, 5) is 43.1. The van der Waals surface area contributed by atoms with Crippen molar-refractivity contribution in [3.63, 3.8) is 0 Å². The van der Waals surface area contributed by atoms with Crippen LogP contribution in [0, 0.1) is 17.8 Å². The third-order valence-corrected chi connectivity index (χ3v) is 15.9. The minimum Gasteiger partial charge on any atom is -0.479 e. The van der Waals surface area contributed by atoms with E-state index in [-0.39, 0.29) is 30.2 Å². The lowest BCUT2D eigenvalue weighted by atomic mass is 9.75. The van der Waals surface area contributed by atoms with Gasteiger partial charge in [-0.1, -0.05) is 72.4 Å². The Kier molecular flexibility index (Phi) is 24.1. The fourth-order valence-electron chi connectivity index (χ4n) is 10.5. The van der Waals surface area contributed by atoms with Crippen LogP contribution >= 0.6 is 15.9 Å². The van der Waals surface area contributed by atoms with E-state index < -0.39 is 110 Å². The van der Waals surface area contributed by atoms with E-state index >= 15 is 0 Å². The zero-order chi connectivity index (χ0) is 54.1. The molecular formula is C54H83BrN6O15. The van der Waals surface area contributed by atoms with E-state index in [1.807, 2.05) is 6.92 Å². The topological polar surface area (TPSA) is 291 Å². The molecule has 0 aromatic heterocycles. The molecule has 0 radical (unpaired) electrons. The van der Waals surface area contributed by atoms with Gasteiger partial charge in [0.1, 0.15) is 36.6 Å². The van der Waals surface area contributed by atoms with Gasteiger partial charge in [0.05, 0.1) is 30.5 Å². The number of carboxylic acids is 1. The van der Waals surface area contributed by atoms with Crippen molar-refractivity contribution < 1.29 is 73.4 Å². The Morgan fingerprint density at radius 3 is 2.25 bits per heavy atom. The van der Waals surface area contributed by atoms with E-state index in [9.17, 15) is 45.0 Å². The molecule has 2 aliphatic carbocycles. The summed E-state index contributed by atoms with van der Waals surface area (Å²) in [5.74, 6) is -3.41. The first-order valence-electron chi connectivity index (χ1n) is 27.4. The smallest absolute Gasteiger partial charge is 0.338 e. The van der Waals surface area contributed by atoms with Crippen LogP contribution < -0.4 is 26.6 Å². The molecule has 22 heteroatoms. The zero-order valence-electron chi connectivity index (χ0n) is 43.9. The minimum absolute atomic E-state index is 0.00338. The number of carbonyl (C=O) groups excluding carboxylic acids is 2. The SMILES string of the molecule is CCC1C[C@H](C(=O)NCCNCc2ccc(CN3CCCNCCNCCCNCC3)c(Br)c2)C[C@H](OC2OC(CO)C(O)C(O[C@@H](CC3CC3)C(=O)O)C2OC(=O)c2ccccc2)C1OC1OC(C)C(O)C(O)C1O. The Morgan fingerprint density at radius 2 is 1.55 bits per heavy atom. The molecule has 7 rings (SSSR count). The van der Waals surface area contributed by atoms with Crippen molar-refractivity contribution in [2.24, 2.45) is 17.8 Å². The number of ether oxygens (including phenoxy) is 6. The minimum atomic E-state index is -1.68. The predicted octanol–water partition coefficient (Wildman–Crippen LogP) is 0.996. The van der Waals surface area contributed by atoms with Crippen molar-refractivity contribution in [1.29, 1.82) is 0 Å². The second-order valence-corrected chi connectivity index (χ2v) is 21.8. The number of carboxylic acid groups (broad SMARTS) is 1. The predicted molar refractivity (Wildman–Crippen MR) is 282 cm³/mol. The Bertz CT molecular complexity index is 2090. The molecule has 3 heterocycles. The van der Waals surface area contributed by atoms with E-state index in [0.717, 1.165) is 94.6 Å². The molecule has 12 unspecified atom stereocenters. The quantitative estimate of drug-likeness (QED) is 0.0614. The van der Waals surface area contributed by atoms with Gasteiger partial charge >= 0.3 is 11.9 Å². The number of aliphatic hydroxyl groups is 5. The normalized spacial score (nSPS) is 32.9. The fraction of sp³-hybridized carbons (Fsp3) is 0.722. The van der Waals surface area contributed by atoms with Crippen molar-refractivity contribution in [3.05, 3.63) is 69.7 Å². The molecule has 3 saturated heterocycles. The molecule has 2 aromatic rings. The highest BCUT2D eigenvalue weighted by molar-refractivity contribution is 9.10. The van der Waals surface area contributed by atoms with Crippen LogP contribution in [0.1, 0.15) is 86.7 Å². The van der Waals surface area contributed by atoms with E-state index in [0.29, 0.717) is 32.5 Å². The number of esters is 1. The highest BCUT2D eigenvalue weighted by atomic mass is 79.9. The van der Waals surface area contributed by atoms with E-state index in [1.54, 1.807) is 18.2 Å². The monoisotopic (exact) mass is 1130 g/mol. The summed E-state index contributed by atoms with van der Waals surface area (Å²) >= 11 is 3.83. The maximum atomic E-state index is 14.2. The van der Waals surface area contributed by atoms with Crippen molar-refractivity contribution in [3.8, 4) is 0 Å². The molecule has 21 nitrogen and oxygen atoms in total. The Morgan fingerprint density at radius 1 is 0.816 bits per heavy atom. The molecule has 2 aromatic carbocycles. The summed E-state index contributed by atoms with van der Waals surface area (Å²) in [5.41, 5.74) is 2.43. The van der Waals surface area contributed by atoms with Gasteiger partial charge in [0, 0.05) is 62.7 Å². The molecule has 2 saturated carbocycles. The molecule has 5 fully saturated rings. The second kappa shape index (κ2) is 30.4. The van der Waals surface area contributed by atoms with Crippen LogP contribution in [0.5, 0.6) is 0 Å². The number of nitrogens with one attached hydrogen (secondary N) is 5. The number of benzene rings is 2. The number of amides is 1. The number of nitrogens with zero attached hydrogens (tertiary/aromatic N) is 1. The average molecular weight is 1140 g/mol. The van der Waals surface area contributed by atoms with Gasteiger partial charge in [-0.05, 0) is 106 Å². The van der Waals surface area contributed by atoms with Crippen LogP contribution in [0.25, 0.3) is 0 Å². The van der Waals surface area contributed by atoms with Gasteiger partial charge in [0.25, 0.3) is 0 Å². The Balaban J connectivity index is 1.03. The van der Waals surface area contributed by atoms with E-state index in [4.69, 9.17) is 28.4 Å². The lowest BCUT2D eigenvalue weighted by Gasteiger charge is -2.48. The number of aliphatic hydroxyl groups excluding tert-OH is 5. The fourth-order valence-corrected chi connectivity index (χ4v) is 11.1. The number of rotatable bonds is 21. The summed E-state index contributed by atoms with van der Waals surface area (Å²) in [6.45, 7) is 12.6. The highest BCUT2D eigenvalue weighted by Gasteiger charge is 2.54. The molecule has 0 spiro atoms. The lowest BCUT2D eigenvalue weighted by Crippen LogP contribution is -2.64. The van der Waals surface area contributed by atoms with Crippen LogP contribution in [0.4, 0.5) is 0 Å². The zero-order valence-corrected chi connectivity index (χ0v) is 45.5. The van der Waals surface area contributed by atoms with Gasteiger partial charge < -0.3 is 85.6 Å². The third kappa shape index (κ3) is 17.4. The number of hydrogen-bond acceptors (Lipinski definition) is 19. The van der Waals surface area contributed by atoms with Gasteiger partial charge in [-0.2, -0.15) is 0 Å². The second-order valence-electron chi connectivity index (χ2n) is 21.0. The van der Waals surface area contributed by atoms with Crippen molar-refractivity contribution in [1.82, 2.24) is 31.5 Å². The van der Waals surface area contributed by atoms with Gasteiger partial charge in [0.2, 0.25) is 5.91 Å². The highest BCUT2D eigenvalue weighted by Crippen LogP contribution is 2.41. The number of hydrogen-bond donors (Lipinski definition) is 11. The van der Waals surface area contributed by atoms with Crippen LogP contribution in [-0.4, -0.2) is 205 Å². The molecule has 5 aliphatic rings. The Hall–Kier alpha value is -3.27. The van der Waals surface area contributed by atoms with Crippen LogP contribution in [0.2, 0.25) is 0 Å². The molecule has 15 atom stereocenters. The number of halogens is 1. The van der Waals surface area contributed by atoms with Crippen LogP contribution in [-0.2, 0) is 51.1 Å². The summed E-state index contributed by atoms with van der Waals surface area (Å²) in [6.07, 6.45) is -13.7. The van der Waals surface area contributed by atoms with Gasteiger partial charge in [-0.25, -0.2) is 9.59 Å². The summed E-state index contributed by atoms with van der Waals surface area (Å²) in [7, 11) is 0. The van der Waals surface area contributed by atoms with Gasteiger partial charge in [0.15, 0.2) is 24.8 Å². The molecule has 1 amide bonds. The van der Waals surface area contributed by atoms with Gasteiger partial charge in [-0.15, -0.1) is 0 Å². The lowest BCUT2D eigenvalue weighted by molar-refractivity contribution is -0.349. The third-order valence-electron chi connectivity index (χ3n) is 15.2. The molecule has 76 heavy (non-hydrogen) atoms. The summed E-state index contributed by atoms with van der Waals surface area (Å²) in [6, 6.07) is 14.4. The first-order chi connectivity index (χ1) is 36.7. The molecule has 0 bridgehead atoms. The first kappa shape index (κ1) is 60.4. The molecule has 426 valence electrons. The largest absolute Gasteiger partial charge is 0.479 e. The summed E-state index contributed by atoms with van der Waals surface area (Å²) < 4.78 is 38.6. The van der Waals surface area contributed by atoms with Crippen LogP contribution in [0.15, 0.2) is 53.0 Å². The Labute approximate surface area is 454 Å². The van der Waals surface area contributed by atoms with Crippen molar-refractivity contribution >= 4 is 33.8 Å². The molecular weight excluding hydrogens is 1050 g/mol. The van der Waals surface area contributed by atoms with Crippen molar-refractivity contribution in [2.75, 3.05) is 72.1 Å². The maximum absolute atomic E-state index is 14.2. The van der Waals surface area contributed by atoms with Crippen LogP contribution in [0.3, 0.4) is 0 Å². The van der Waals surface area contributed by atoms with Crippen molar-refractivity contribution in [2.45, 2.75) is 158 Å². The van der Waals surface area contributed by atoms with Gasteiger partial charge in [-0.3, -0.25) is 9.69 Å². The van der Waals surface area contributed by atoms with E-state index in [2.05, 4.69) is 65.6 Å². The maximum Gasteiger partial charge on any atom is 0.338 e. The molecule has 3 aliphatic heterocycles. The number of aliphatic carboxylic acids is 1. The van der Waals surface area contributed by atoms with E-state index in [1.165, 1.54) is 24.6 Å². The summed E-state index contributed by atoms with van der Waals surface area (Å²) in [5, 5.41) is 81.9. The standard InChI is InChI=1S/C54H83BrN6O15/c1-3-35-27-38(50(67)60-21-20-59-29-34-13-14-37(39(55)25-34)30-61-23-8-17-57-19-18-56-15-7-16-58-22-24-61)28-40(47(35)76-53-46(66)45(65)43(63)32(2)71-53)73-54-49(75-52(70)36-9-5-4-6-10-36)48(44(64)42(31-62)74-54)72-41(51(68)69)26-33-11-12-33/h4-6,9-10,13-14,25,32-33,35,38,40-49,53-54,56-59,62-66H,3,7-8,11-12,15-24,26-31H2,1-2H3,(H,60,67)(H,68,69)/t32?,35?,38-,40-,41-,42?,43?,44?,45?,46?,47?,48?,49?,53?,54?/m0/s1. The first-order valence-corrected chi connectivity index (χ1v) is 28.2.